The van der Waals surface area contributed by atoms with E-state index in [9.17, 15) is 4.79 Å². The minimum atomic E-state index is -0.0264. The van der Waals surface area contributed by atoms with Crippen LogP contribution in [0.3, 0.4) is 0 Å². The minimum Gasteiger partial charge on any atom is -0.466 e. The van der Waals surface area contributed by atoms with Crippen molar-refractivity contribution in [1.29, 1.82) is 0 Å². The van der Waals surface area contributed by atoms with Gasteiger partial charge in [0, 0.05) is 6.42 Å². The van der Waals surface area contributed by atoms with Gasteiger partial charge in [-0.2, -0.15) is 0 Å². The number of aryl methyl sites for hydroxylation is 1. The lowest BCUT2D eigenvalue weighted by Crippen LogP contribution is -2.17. The van der Waals surface area contributed by atoms with Crippen LogP contribution < -0.4 is 0 Å². The topological polar surface area (TPSA) is 26.3 Å². The van der Waals surface area contributed by atoms with E-state index in [0.717, 1.165) is 12.8 Å². The first-order chi connectivity index (χ1) is 9.19. The van der Waals surface area contributed by atoms with E-state index in [2.05, 4.69) is 31.2 Å². The molecule has 19 heavy (non-hydrogen) atoms. The number of hydrogen-bond donors (Lipinski definition) is 0. The average Bonchev–Trinajstić information content (AvgIpc) is 2.40. The van der Waals surface area contributed by atoms with Gasteiger partial charge in [-0.05, 0) is 56.9 Å². The van der Waals surface area contributed by atoms with Gasteiger partial charge >= 0.3 is 5.97 Å². The maximum atomic E-state index is 11.5. The van der Waals surface area contributed by atoms with E-state index in [0.29, 0.717) is 24.9 Å². The van der Waals surface area contributed by atoms with Crippen molar-refractivity contribution in [3.8, 4) is 0 Å². The van der Waals surface area contributed by atoms with E-state index in [1.165, 1.54) is 24.0 Å². The molecule has 0 spiro atoms. The maximum absolute atomic E-state index is 11.5. The van der Waals surface area contributed by atoms with Crippen molar-refractivity contribution in [2.24, 2.45) is 5.92 Å². The van der Waals surface area contributed by atoms with Crippen LogP contribution in [0.2, 0.25) is 0 Å². The number of carbonyl (C=O) groups is 1. The molecule has 1 aliphatic rings. The first-order valence-electron chi connectivity index (χ1n) is 7.41. The molecule has 1 saturated carbocycles. The van der Waals surface area contributed by atoms with Crippen molar-refractivity contribution in [1.82, 2.24) is 0 Å². The first kappa shape index (κ1) is 14.1. The SMILES string of the molecule is CCOC(=O)CC1CCC(c2cccc(C)c2)CC1. The molecule has 0 radical (unpaired) electrons. The van der Waals surface area contributed by atoms with Gasteiger partial charge in [-0.25, -0.2) is 0 Å². The van der Waals surface area contributed by atoms with Gasteiger partial charge in [0.2, 0.25) is 0 Å². The van der Waals surface area contributed by atoms with Crippen molar-refractivity contribution in [3.63, 3.8) is 0 Å². The summed E-state index contributed by atoms with van der Waals surface area (Å²) >= 11 is 0. The lowest BCUT2D eigenvalue weighted by Gasteiger charge is -2.28. The van der Waals surface area contributed by atoms with Crippen LogP contribution in [0.4, 0.5) is 0 Å². The Morgan fingerprint density at radius 3 is 2.63 bits per heavy atom. The Hall–Kier alpha value is -1.31. The third-order valence-electron chi connectivity index (χ3n) is 4.12. The summed E-state index contributed by atoms with van der Waals surface area (Å²) in [6.07, 6.45) is 5.31. The van der Waals surface area contributed by atoms with Gasteiger partial charge in [0.05, 0.1) is 6.61 Å². The fraction of sp³-hybridized carbons (Fsp3) is 0.588. The third kappa shape index (κ3) is 4.09. The fourth-order valence-electron chi connectivity index (χ4n) is 3.08. The van der Waals surface area contributed by atoms with Crippen LogP contribution in [0.25, 0.3) is 0 Å². The van der Waals surface area contributed by atoms with Gasteiger partial charge in [0.1, 0.15) is 0 Å². The minimum absolute atomic E-state index is 0.0264. The summed E-state index contributed by atoms with van der Waals surface area (Å²) < 4.78 is 5.03. The van der Waals surface area contributed by atoms with Gasteiger partial charge in [-0.3, -0.25) is 4.79 Å². The molecular formula is C17H24O2. The summed E-state index contributed by atoms with van der Waals surface area (Å²) in [5.74, 6) is 1.18. The van der Waals surface area contributed by atoms with Crippen molar-refractivity contribution in [2.45, 2.75) is 51.9 Å². The van der Waals surface area contributed by atoms with E-state index in [-0.39, 0.29) is 5.97 Å². The molecule has 0 unspecified atom stereocenters. The van der Waals surface area contributed by atoms with Crippen LogP contribution >= 0.6 is 0 Å². The molecular weight excluding hydrogens is 236 g/mol. The van der Waals surface area contributed by atoms with Crippen LogP contribution in [0, 0.1) is 12.8 Å². The number of rotatable bonds is 4. The predicted molar refractivity (Wildman–Crippen MR) is 77.1 cm³/mol. The second-order valence-electron chi connectivity index (χ2n) is 5.64. The third-order valence-corrected chi connectivity index (χ3v) is 4.12. The van der Waals surface area contributed by atoms with Gasteiger partial charge in [0.15, 0.2) is 0 Å². The van der Waals surface area contributed by atoms with Crippen LogP contribution in [0.1, 0.15) is 56.1 Å². The normalized spacial score (nSPS) is 23.1. The molecule has 0 aromatic heterocycles. The summed E-state index contributed by atoms with van der Waals surface area (Å²) in [4.78, 5) is 11.5. The van der Waals surface area contributed by atoms with Gasteiger partial charge in [0.25, 0.3) is 0 Å². The van der Waals surface area contributed by atoms with Gasteiger partial charge in [-0.15, -0.1) is 0 Å². The molecule has 1 aromatic rings. The first-order valence-corrected chi connectivity index (χ1v) is 7.41. The Kier molecular flexibility index (Phi) is 5.00. The largest absolute Gasteiger partial charge is 0.466 e. The molecule has 2 rings (SSSR count). The summed E-state index contributed by atoms with van der Waals surface area (Å²) in [5, 5.41) is 0. The Labute approximate surface area is 116 Å². The summed E-state index contributed by atoms with van der Waals surface area (Å²) in [7, 11) is 0. The van der Waals surface area contributed by atoms with E-state index >= 15 is 0 Å². The molecule has 0 N–H and O–H groups in total. The molecule has 104 valence electrons. The molecule has 1 fully saturated rings. The smallest absolute Gasteiger partial charge is 0.306 e. The highest BCUT2D eigenvalue weighted by Crippen LogP contribution is 2.37. The highest BCUT2D eigenvalue weighted by atomic mass is 16.5. The van der Waals surface area contributed by atoms with Crippen LogP contribution in [0.15, 0.2) is 24.3 Å². The van der Waals surface area contributed by atoms with E-state index in [1.807, 2.05) is 6.92 Å². The second kappa shape index (κ2) is 6.74. The average molecular weight is 260 g/mol. The van der Waals surface area contributed by atoms with E-state index in [4.69, 9.17) is 4.74 Å². The molecule has 0 amide bonds. The lowest BCUT2D eigenvalue weighted by molar-refractivity contribution is -0.144. The number of esters is 1. The zero-order valence-corrected chi connectivity index (χ0v) is 12.0. The van der Waals surface area contributed by atoms with Crippen molar-refractivity contribution in [2.75, 3.05) is 6.61 Å². The number of carbonyl (C=O) groups excluding carboxylic acids is 1. The van der Waals surface area contributed by atoms with Crippen molar-refractivity contribution in [3.05, 3.63) is 35.4 Å². The zero-order valence-electron chi connectivity index (χ0n) is 12.0. The molecule has 0 bridgehead atoms. The van der Waals surface area contributed by atoms with Crippen LogP contribution in [-0.4, -0.2) is 12.6 Å². The number of hydrogen-bond acceptors (Lipinski definition) is 2. The molecule has 1 aromatic carbocycles. The predicted octanol–water partition coefficient (Wildman–Crippen LogP) is 4.22. The molecule has 0 saturated heterocycles. The Balaban J connectivity index is 1.84. The molecule has 2 heteroatoms. The van der Waals surface area contributed by atoms with E-state index < -0.39 is 0 Å². The molecule has 1 aliphatic carbocycles. The highest BCUT2D eigenvalue weighted by molar-refractivity contribution is 5.69. The van der Waals surface area contributed by atoms with Crippen molar-refractivity contribution < 1.29 is 9.53 Å². The maximum Gasteiger partial charge on any atom is 0.306 e. The summed E-state index contributed by atoms with van der Waals surface area (Å²) in [6, 6.07) is 8.84. The Morgan fingerprint density at radius 1 is 1.26 bits per heavy atom. The molecule has 0 atom stereocenters. The van der Waals surface area contributed by atoms with Crippen LogP contribution in [-0.2, 0) is 9.53 Å². The fourth-order valence-corrected chi connectivity index (χ4v) is 3.08. The highest BCUT2D eigenvalue weighted by Gasteiger charge is 2.24. The van der Waals surface area contributed by atoms with E-state index in [1.54, 1.807) is 0 Å². The lowest BCUT2D eigenvalue weighted by atomic mass is 9.77. The van der Waals surface area contributed by atoms with Crippen molar-refractivity contribution >= 4 is 5.97 Å². The molecule has 2 nitrogen and oxygen atoms in total. The quantitative estimate of drug-likeness (QED) is 0.758. The molecule has 0 aliphatic heterocycles. The van der Waals surface area contributed by atoms with Gasteiger partial charge in [-0.1, -0.05) is 29.8 Å². The summed E-state index contributed by atoms with van der Waals surface area (Å²) in [5.41, 5.74) is 2.81. The molecule has 0 heterocycles. The monoisotopic (exact) mass is 260 g/mol. The number of ether oxygens (including phenoxy) is 1. The standard InChI is InChI=1S/C17H24O2/c1-3-19-17(18)12-14-7-9-15(10-8-14)16-6-4-5-13(2)11-16/h4-6,11,14-15H,3,7-10,12H2,1-2H3. The Morgan fingerprint density at radius 2 is 2.00 bits per heavy atom. The summed E-state index contributed by atoms with van der Waals surface area (Å²) in [6.45, 7) is 4.51. The second-order valence-corrected chi connectivity index (χ2v) is 5.64. The van der Waals surface area contributed by atoms with Crippen LogP contribution in [0.5, 0.6) is 0 Å². The van der Waals surface area contributed by atoms with Gasteiger partial charge < -0.3 is 4.74 Å². The number of benzene rings is 1. The Bertz CT molecular complexity index is 417. The zero-order chi connectivity index (χ0) is 13.7.